The first-order valence-electron chi connectivity index (χ1n) is 7.76. The molecule has 2 aromatic rings. The van der Waals surface area contributed by atoms with Gasteiger partial charge in [0.2, 0.25) is 0 Å². The molecule has 25 heavy (non-hydrogen) atoms. The van der Waals surface area contributed by atoms with E-state index in [1.165, 1.54) is 19.2 Å². The summed E-state index contributed by atoms with van der Waals surface area (Å²) in [6.07, 6.45) is 2.02. The number of ether oxygens (including phenoxy) is 2. The summed E-state index contributed by atoms with van der Waals surface area (Å²) in [7, 11) is 1.59. The average molecular weight is 344 g/mol. The summed E-state index contributed by atoms with van der Waals surface area (Å²) >= 11 is 0. The molecule has 0 spiro atoms. The summed E-state index contributed by atoms with van der Waals surface area (Å²) in [6.45, 7) is 1.40. The van der Waals surface area contributed by atoms with Crippen molar-refractivity contribution in [2.45, 2.75) is 13.3 Å². The molecule has 2 rings (SSSR count). The zero-order valence-corrected chi connectivity index (χ0v) is 14.1. The molecule has 0 unspecified atom stereocenters. The number of methoxy groups -OCH3 is 1. The van der Waals surface area contributed by atoms with E-state index >= 15 is 0 Å². The first kappa shape index (κ1) is 18.3. The highest BCUT2D eigenvalue weighted by Gasteiger charge is 2.13. The van der Waals surface area contributed by atoms with Gasteiger partial charge in [-0.25, -0.2) is 4.79 Å². The number of aromatic amines is 1. The van der Waals surface area contributed by atoms with E-state index in [9.17, 15) is 14.4 Å². The normalized spacial score (nSPS) is 10.2. The fraction of sp³-hybridized carbons (Fsp3) is 0.278. The highest BCUT2D eigenvalue weighted by atomic mass is 16.5. The van der Waals surface area contributed by atoms with Gasteiger partial charge in [-0.15, -0.1) is 0 Å². The number of rotatable bonds is 8. The summed E-state index contributed by atoms with van der Waals surface area (Å²) in [5.74, 6) is -0.491. The Hall–Kier alpha value is -3.09. The van der Waals surface area contributed by atoms with E-state index in [0.29, 0.717) is 18.5 Å². The third-order valence-electron chi connectivity index (χ3n) is 3.55. The van der Waals surface area contributed by atoms with Crippen molar-refractivity contribution in [3.8, 4) is 5.75 Å². The molecule has 0 bridgehead atoms. The predicted octanol–water partition coefficient (Wildman–Crippen LogP) is 1.74. The first-order valence-corrected chi connectivity index (χ1v) is 7.76. The summed E-state index contributed by atoms with van der Waals surface area (Å²) in [4.78, 5) is 37.4. The van der Waals surface area contributed by atoms with Crippen LogP contribution in [-0.4, -0.2) is 42.9 Å². The zero-order valence-electron chi connectivity index (χ0n) is 14.1. The molecule has 1 aromatic carbocycles. The quantitative estimate of drug-likeness (QED) is 0.561. The van der Waals surface area contributed by atoms with Gasteiger partial charge in [-0.2, -0.15) is 0 Å². The van der Waals surface area contributed by atoms with E-state index in [1.807, 2.05) is 24.3 Å². The number of aromatic nitrogens is 1. The van der Waals surface area contributed by atoms with Gasteiger partial charge in [-0.1, -0.05) is 18.2 Å². The minimum absolute atomic E-state index is 0.132. The molecule has 0 fully saturated rings. The van der Waals surface area contributed by atoms with E-state index < -0.39 is 11.9 Å². The number of H-pyrrole nitrogens is 1. The Bertz CT molecular complexity index is 766. The van der Waals surface area contributed by atoms with E-state index in [2.05, 4.69) is 10.3 Å². The number of carbonyl (C=O) groups is 3. The van der Waals surface area contributed by atoms with Crippen LogP contribution < -0.4 is 10.1 Å². The molecular formula is C18H20N2O5. The number of hydrogen-bond acceptors (Lipinski definition) is 5. The predicted molar refractivity (Wildman–Crippen MR) is 90.8 cm³/mol. The van der Waals surface area contributed by atoms with Gasteiger partial charge in [0.1, 0.15) is 11.4 Å². The molecule has 2 N–H and O–H groups in total. The van der Waals surface area contributed by atoms with Gasteiger partial charge in [0.25, 0.3) is 5.91 Å². The van der Waals surface area contributed by atoms with E-state index in [-0.39, 0.29) is 18.1 Å². The lowest BCUT2D eigenvalue weighted by Gasteiger charge is -2.09. The van der Waals surface area contributed by atoms with Crippen molar-refractivity contribution in [3.05, 3.63) is 53.3 Å². The monoisotopic (exact) mass is 344 g/mol. The Balaban J connectivity index is 1.74. The topological polar surface area (TPSA) is 97.5 Å². The number of amides is 1. The van der Waals surface area contributed by atoms with Crippen molar-refractivity contribution < 1.29 is 23.9 Å². The van der Waals surface area contributed by atoms with Crippen LogP contribution in [-0.2, 0) is 16.0 Å². The summed E-state index contributed by atoms with van der Waals surface area (Å²) < 4.78 is 10.2. The second kappa shape index (κ2) is 8.68. The van der Waals surface area contributed by atoms with Crippen LogP contribution in [0, 0.1) is 0 Å². The molecule has 0 aliphatic carbocycles. The van der Waals surface area contributed by atoms with Gasteiger partial charge < -0.3 is 19.8 Å². The number of hydrogen-bond donors (Lipinski definition) is 2. The maximum atomic E-state index is 11.8. The Morgan fingerprint density at radius 3 is 2.64 bits per heavy atom. The molecular weight excluding hydrogens is 324 g/mol. The molecule has 1 aromatic heterocycles. The van der Waals surface area contributed by atoms with Crippen LogP contribution in [0.4, 0.5) is 0 Å². The van der Waals surface area contributed by atoms with Crippen LogP contribution in [0.2, 0.25) is 0 Å². The lowest BCUT2D eigenvalue weighted by Crippen LogP contribution is -2.30. The second-order valence-electron chi connectivity index (χ2n) is 5.35. The number of benzene rings is 1. The van der Waals surface area contributed by atoms with Crippen molar-refractivity contribution >= 4 is 17.7 Å². The average Bonchev–Trinajstić information content (AvgIpc) is 3.10. The summed E-state index contributed by atoms with van der Waals surface area (Å²) in [5.41, 5.74) is 1.49. The van der Waals surface area contributed by atoms with E-state index in [4.69, 9.17) is 9.47 Å². The lowest BCUT2D eigenvalue weighted by molar-refractivity contribution is -0.124. The van der Waals surface area contributed by atoms with Crippen molar-refractivity contribution in [1.82, 2.24) is 10.3 Å². The van der Waals surface area contributed by atoms with Crippen molar-refractivity contribution in [1.29, 1.82) is 0 Å². The Morgan fingerprint density at radius 1 is 1.20 bits per heavy atom. The third kappa shape index (κ3) is 5.20. The number of Topliss-reactive ketones (excluding diaryl/α,β-unsaturated/α-hetero) is 1. The third-order valence-corrected chi connectivity index (χ3v) is 3.55. The number of carbonyl (C=O) groups excluding carboxylic acids is 3. The molecule has 1 amide bonds. The minimum Gasteiger partial charge on any atom is -0.496 e. The van der Waals surface area contributed by atoms with Gasteiger partial charge in [0.15, 0.2) is 12.4 Å². The van der Waals surface area contributed by atoms with Crippen LogP contribution in [0.5, 0.6) is 5.75 Å². The maximum Gasteiger partial charge on any atom is 0.355 e. The number of nitrogens with one attached hydrogen (secondary N) is 2. The highest BCUT2D eigenvalue weighted by molar-refractivity contribution is 5.97. The summed E-state index contributed by atoms with van der Waals surface area (Å²) in [5, 5.41) is 2.68. The molecule has 0 aliphatic heterocycles. The minimum atomic E-state index is -0.688. The molecule has 0 saturated heterocycles. The van der Waals surface area contributed by atoms with Crippen LogP contribution in [0.1, 0.15) is 33.3 Å². The molecule has 0 aliphatic rings. The molecule has 1 heterocycles. The fourth-order valence-corrected chi connectivity index (χ4v) is 2.22. The SMILES string of the molecule is COc1ccccc1CCNC(=O)COC(=O)c1cc(C(C)=O)c[nH]1. The van der Waals surface area contributed by atoms with Crippen molar-refractivity contribution in [2.75, 3.05) is 20.3 Å². The first-order chi connectivity index (χ1) is 12.0. The van der Waals surface area contributed by atoms with Crippen molar-refractivity contribution in [2.24, 2.45) is 0 Å². The van der Waals surface area contributed by atoms with Gasteiger partial charge >= 0.3 is 5.97 Å². The van der Waals surface area contributed by atoms with Gasteiger partial charge in [-0.05, 0) is 31.0 Å². The standard InChI is InChI=1S/C18H20N2O5/c1-12(21)14-9-15(20-10-14)18(23)25-11-17(22)19-8-7-13-5-3-4-6-16(13)24-2/h3-6,9-10,20H,7-8,11H2,1-2H3,(H,19,22). The Kier molecular flexibility index (Phi) is 6.33. The maximum absolute atomic E-state index is 11.8. The molecule has 0 radical (unpaired) electrons. The van der Waals surface area contributed by atoms with Crippen molar-refractivity contribution in [3.63, 3.8) is 0 Å². The van der Waals surface area contributed by atoms with Gasteiger partial charge in [0.05, 0.1) is 7.11 Å². The molecule has 0 saturated carbocycles. The molecule has 7 nitrogen and oxygen atoms in total. The highest BCUT2D eigenvalue weighted by Crippen LogP contribution is 2.17. The smallest absolute Gasteiger partial charge is 0.355 e. The molecule has 0 atom stereocenters. The van der Waals surface area contributed by atoms with Gasteiger partial charge in [0, 0.05) is 18.3 Å². The van der Waals surface area contributed by atoms with Crippen LogP contribution >= 0.6 is 0 Å². The van der Waals surface area contributed by atoms with Crippen LogP contribution in [0.3, 0.4) is 0 Å². The lowest BCUT2D eigenvalue weighted by atomic mass is 10.1. The largest absolute Gasteiger partial charge is 0.496 e. The summed E-state index contributed by atoms with van der Waals surface area (Å²) in [6, 6.07) is 8.93. The fourth-order valence-electron chi connectivity index (χ4n) is 2.22. The second-order valence-corrected chi connectivity index (χ2v) is 5.35. The van der Waals surface area contributed by atoms with Gasteiger partial charge in [-0.3, -0.25) is 9.59 Å². The molecule has 132 valence electrons. The Morgan fingerprint density at radius 2 is 1.96 bits per heavy atom. The number of para-hydroxylation sites is 1. The van der Waals surface area contributed by atoms with Crippen LogP contribution in [0.25, 0.3) is 0 Å². The Labute approximate surface area is 145 Å². The number of ketones is 1. The van der Waals surface area contributed by atoms with Crippen LogP contribution in [0.15, 0.2) is 36.5 Å². The number of esters is 1. The van der Waals surface area contributed by atoms with E-state index in [0.717, 1.165) is 11.3 Å². The zero-order chi connectivity index (χ0) is 18.2. The molecule has 7 heteroatoms. The van der Waals surface area contributed by atoms with E-state index in [1.54, 1.807) is 7.11 Å².